The highest BCUT2D eigenvalue weighted by Gasteiger charge is 2.23. The lowest BCUT2D eigenvalue weighted by Gasteiger charge is -2.21. The van der Waals surface area contributed by atoms with Crippen LogP contribution in [0.3, 0.4) is 0 Å². The molecule has 0 radical (unpaired) electrons. The maximum absolute atomic E-state index is 11.2. The molecule has 4 heteroatoms. The molecule has 0 aromatic rings. The Bertz CT molecular complexity index is 257. The minimum absolute atomic E-state index is 0.0306. The van der Waals surface area contributed by atoms with Crippen LogP contribution in [0.5, 0.6) is 0 Å². The molecule has 1 saturated carbocycles. The zero-order valence-electron chi connectivity index (χ0n) is 7.99. The summed E-state index contributed by atoms with van der Waals surface area (Å²) in [5.41, 5.74) is 0.0306. The van der Waals surface area contributed by atoms with Gasteiger partial charge in [0.15, 0.2) is 0 Å². The Kier molecular flexibility index (Phi) is 3.83. The number of ether oxygens (including phenoxy) is 1. The van der Waals surface area contributed by atoms with Crippen molar-refractivity contribution in [3.63, 3.8) is 0 Å². The van der Waals surface area contributed by atoms with Crippen molar-refractivity contribution in [1.82, 2.24) is 0 Å². The van der Waals surface area contributed by atoms with Crippen LogP contribution in [0.4, 0.5) is 0 Å². The van der Waals surface area contributed by atoms with Crippen LogP contribution in [0.2, 0.25) is 0 Å². The van der Waals surface area contributed by atoms with Crippen molar-refractivity contribution in [3.8, 4) is 0 Å². The Hall–Kier alpha value is -1.16. The molecule has 1 rings (SSSR count). The molecule has 14 heavy (non-hydrogen) atoms. The van der Waals surface area contributed by atoms with Gasteiger partial charge in [0.1, 0.15) is 11.9 Å². The van der Waals surface area contributed by atoms with Gasteiger partial charge in [-0.2, -0.15) is 0 Å². The lowest BCUT2D eigenvalue weighted by molar-refractivity contribution is -0.147. The van der Waals surface area contributed by atoms with Gasteiger partial charge >= 0.3 is 5.97 Å². The first-order valence-corrected chi connectivity index (χ1v) is 4.65. The Morgan fingerprint density at radius 2 is 2.36 bits per heavy atom. The molecule has 0 heterocycles. The van der Waals surface area contributed by atoms with E-state index in [0.29, 0.717) is 12.8 Å². The van der Waals surface area contributed by atoms with E-state index >= 15 is 0 Å². The summed E-state index contributed by atoms with van der Waals surface area (Å²) in [6.45, 7) is 2.94. The molecule has 1 aliphatic rings. The molecule has 1 fully saturated rings. The first-order valence-electron chi connectivity index (χ1n) is 4.65. The van der Waals surface area contributed by atoms with E-state index < -0.39 is 12.6 Å². The highest BCUT2D eigenvalue weighted by molar-refractivity contribution is 5.88. The van der Waals surface area contributed by atoms with Gasteiger partial charge in [-0.05, 0) is 12.8 Å². The molecule has 1 aliphatic carbocycles. The third-order valence-corrected chi connectivity index (χ3v) is 2.19. The Balaban J connectivity index is 2.40. The molecule has 0 spiro atoms. The van der Waals surface area contributed by atoms with Gasteiger partial charge in [-0.15, -0.1) is 0 Å². The summed E-state index contributed by atoms with van der Waals surface area (Å²) in [4.78, 5) is 22.2. The predicted molar refractivity (Wildman–Crippen MR) is 49.6 cm³/mol. The predicted octanol–water partition coefficient (Wildman–Crippen LogP) is 0.590. The van der Waals surface area contributed by atoms with Gasteiger partial charge in [0.25, 0.3) is 0 Å². The van der Waals surface area contributed by atoms with Crippen LogP contribution in [-0.4, -0.2) is 29.6 Å². The minimum atomic E-state index is -0.604. The molecule has 0 aromatic heterocycles. The second-order valence-electron chi connectivity index (χ2n) is 3.42. The molecular formula is C10H14O4. The number of rotatable bonds is 3. The summed E-state index contributed by atoms with van der Waals surface area (Å²) in [5, 5.41) is 8.62. The fourth-order valence-electron chi connectivity index (χ4n) is 1.38. The van der Waals surface area contributed by atoms with Crippen molar-refractivity contribution in [2.75, 3.05) is 6.61 Å². The summed E-state index contributed by atoms with van der Waals surface area (Å²) < 4.78 is 5.00. The summed E-state index contributed by atoms with van der Waals surface area (Å²) in [6, 6.07) is 0. The van der Waals surface area contributed by atoms with Gasteiger partial charge in [0, 0.05) is 12.8 Å². The first kappa shape index (κ1) is 10.9. The van der Waals surface area contributed by atoms with Crippen LogP contribution >= 0.6 is 0 Å². The second-order valence-corrected chi connectivity index (χ2v) is 3.42. The molecule has 1 unspecified atom stereocenters. The third kappa shape index (κ3) is 2.96. The van der Waals surface area contributed by atoms with E-state index in [-0.39, 0.29) is 17.5 Å². The van der Waals surface area contributed by atoms with Gasteiger partial charge in [-0.25, -0.2) is 4.79 Å². The highest BCUT2D eigenvalue weighted by Crippen LogP contribution is 2.18. The number of esters is 1. The number of Topliss-reactive ketones (excluding diaryl/α,β-unsaturated/α-hetero) is 1. The minimum Gasteiger partial charge on any atom is -0.459 e. The van der Waals surface area contributed by atoms with Crippen LogP contribution in [0.15, 0.2) is 12.2 Å². The van der Waals surface area contributed by atoms with Gasteiger partial charge in [0.2, 0.25) is 0 Å². The number of carbonyl (C=O) groups is 2. The van der Waals surface area contributed by atoms with Gasteiger partial charge in [-0.3, -0.25) is 4.79 Å². The highest BCUT2D eigenvalue weighted by atomic mass is 16.5. The lowest BCUT2D eigenvalue weighted by atomic mass is 9.96. The van der Waals surface area contributed by atoms with Crippen molar-refractivity contribution < 1.29 is 19.4 Å². The van der Waals surface area contributed by atoms with Crippen LogP contribution in [0.25, 0.3) is 0 Å². The summed E-state index contributed by atoms with van der Waals surface area (Å²) in [6.07, 6.45) is 2.03. The van der Waals surface area contributed by atoms with E-state index in [1.165, 1.54) is 0 Å². The molecule has 0 aliphatic heterocycles. The quantitative estimate of drug-likeness (QED) is 0.532. The van der Waals surface area contributed by atoms with Gasteiger partial charge in [-0.1, -0.05) is 6.58 Å². The van der Waals surface area contributed by atoms with Crippen LogP contribution in [0, 0.1) is 0 Å². The average molecular weight is 198 g/mol. The summed E-state index contributed by atoms with van der Waals surface area (Å²) in [7, 11) is 0. The first-order chi connectivity index (χ1) is 6.63. The number of carbonyl (C=O) groups excluding carboxylic acids is 2. The second kappa shape index (κ2) is 4.91. The number of ketones is 1. The fourth-order valence-corrected chi connectivity index (χ4v) is 1.38. The SMILES string of the molecule is C=C(CO)C(=O)OC1CCCC(=O)C1. The molecule has 0 amide bonds. The molecule has 0 aromatic carbocycles. The van der Waals surface area contributed by atoms with Crippen molar-refractivity contribution in [2.24, 2.45) is 0 Å². The maximum Gasteiger partial charge on any atom is 0.336 e. The number of hydrogen-bond acceptors (Lipinski definition) is 4. The average Bonchev–Trinajstić information content (AvgIpc) is 2.16. The Morgan fingerprint density at radius 1 is 1.64 bits per heavy atom. The molecule has 4 nitrogen and oxygen atoms in total. The Morgan fingerprint density at radius 3 is 2.93 bits per heavy atom. The topological polar surface area (TPSA) is 63.6 Å². The van der Waals surface area contributed by atoms with Crippen LogP contribution < -0.4 is 0 Å². The number of aliphatic hydroxyl groups excluding tert-OH is 1. The van der Waals surface area contributed by atoms with E-state index in [0.717, 1.165) is 12.8 Å². The molecule has 0 saturated heterocycles. The molecule has 1 atom stereocenters. The van der Waals surface area contributed by atoms with E-state index in [1.807, 2.05) is 0 Å². The van der Waals surface area contributed by atoms with Crippen LogP contribution in [-0.2, 0) is 14.3 Å². The largest absolute Gasteiger partial charge is 0.459 e. The van der Waals surface area contributed by atoms with E-state index in [4.69, 9.17) is 9.84 Å². The van der Waals surface area contributed by atoms with Gasteiger partial charge < -0.3 is 9.84 Å². The van der Waals surface area contributed by atoms with E-state index in [9.17, 15) is 9.59 Å². The number of hydrogen-bond donors (Lipinski definition) is 1. The Labute approximate surface area is 82.6 Å². The smallest absolute Gasteiger partial charge is 0.336 e. The van der Waals surface area contributed by atoms with Crippen molar-refractivity contribution >= 4 is 11.8 Å². The van der Waals surface area contributed by atoms with E-state index in [1.54, 1.807) is 0 Å². The normalized spacial score (nSPS) is 21.8. The number of aliphatic hydroxyl groups is 1. The third-order valence-electron chi connectivity index (χ3n) is 2.19. The molecule has 0 bridgehead atoms. The van der Waals surface area contributed by atoms with Crippen LogP contribution in [0.1, 0.15) is 25.7 Å². The zero-order valence-corrected chi connectivity index (χ0v) is 7.99. The maximum atomic E-state index is 11.2. The molecule has 78 valence electrons. The van der Waals surface area contributed by atoms with Crippen molar-refractivity contribution in [3.05, 3.63) is 12.2 Å². The van der Waals surface area contributed by atoms with Crippen molar-refractivity contribution in [2.45, 2.75) is 31.8 Å². The summed E-state index contributed by atoms with van der Waals surface area (Å²) in [5.74, 6) is -0.476. The standard InChI is InChI=1S/C10H14O4/c1-7(6-11)10(13)14-9-4-2-3-8(12)5-9/h9,11H,1-6H2. The monoisotopic (exact) mass is 198 g/mol. The van der Waals surface area contributed by atoms with Crippen molar-refractivity contribution in [1.29, 1.82) is 0 Å². The lowest BCUT2D eigenvalue weighted by Crippen LogP contribution is -2.26. The molecule has 1 N–H and O–H groups in total. The van der Waals surface area contributed by atoms with Gasteiger partial charge in [0.05, 0.1) is 12.2 Å². The fraction of sp³-hybridized carbons (Fsp3) is 0.600. The zero-order chi connectivity index (χ0) is 10.6. The summed E-state index contributed by atoms with van der Waals surface area (Å²) >= 11 is 0. The molecular weight excluding hydrogens is 184 g/mol. The van der Waals surface area contributed by atoms with E-state index in [2.05, 4.69) is 6.58 Å².